The molecule has 4 aromatic heterocycles. The van der Waals surface area contributed by atoms with Crippen molar-refractivity contribution in [2.24, 2.45) is 0 Å². The smallest absolute Gasteiger partial charge is 0.550 e. The second-order valence-electron chi connectivity index (χ2n) is 11.5. The summed E-state index contributed by atoms with van der Waals surface area (Å²) in [5.41, 5.74) is 1.18. The van der Waals surface area contributed by atoms with Crippen molar-refractivity contribution in [3.05, 3.63) is 48.8 Å². The zero-order valence-electron chi connectivity index (χ0n) is 33.0. The van der Waals surface area contributed by atoms with E-state index in [-0.39, 0.29) is 62.3 Å². The number of tetrazole rings is 2. The fraction of sp³-hybridized carbons (Fsp3) is 0.438. The monoisotopic (exact) mass is 941 g/mol. The third-order valence-electron chi connectivity index (χ3n) is 3.82. The van der Waals surface area contributed by atoms with E-state index < -0.39 is 35.8 Å². The number of carbonyl (C=O) groups is 6. The van der Waals surface area contributed by atoms with Gasteiger partial charge in [-0.2, -0.15) is 9.59 Å². The molecule has 25 heteroatoms. The van der Waals surface area contributed by atoms with Crippen LogP contribution in [-0.4, -0.2) is 86.2 Å². The van der Waals surface area contributed by atoms with Crippen molar-refractivity contribution in [1.29, 1.82) is 0 Å². The van der Waals surface area contributed by atoms with E-state index in [9.17, 15) is 0 Å². The number of carbonyl (C=O) groups excluding carboxylic acids is 6. The van der Waals surface area contributed by atoms with E-state index in [0.717, 1.165) is 52.9 Å². The molecule has 0 aliphatic rings. The zero-order valence-corrected chi connectivity index (χ0v) is 36.0. The quantitative estimate of drug-likeness (QED) is 0.171. The van der Waals surface area contributed by atoms with Crippen molar-refractivity contribution in [2.45, 2.75) is 94.2 Å². The molecule has 0 spiro atoms. The Morgan fingerprint density at radius 1 is 0.474 bits per heavy atom. The summed E-state index contributed by atoms with van der Waals surface area (Å²) >= 11 is 0. The molecule has 0 atom stereocenters. The molecule has 0 fully saturated rings. The van der Waals surface area contributed by atoms with Crippen LogP contribution in [0.1, 0.15) is 83.1 Å². The third kappa shape index (κ3) is 50.8. The molecule has 3 radical (unpaired) electrons. The fourth-order valence-corrected chi connectivity index (χ4v) is 2.19. The summed E-state index contributed by atoms with van der Waals surface area (Å²) < 4.78 is 0. The van der Waals surface area contributed by atoms with Gasteiger partial charge in [0.25, 0.3) is 0 Å². The first-order valence-corrected chi connectivity index (χ1v) is 15.0. The van der Waals surface area contributed by atoms with E-state index in [1.807, 2.05) is 77.9 Å². The van der Waals surface area contributed by atoms with Gasteiger partial charge >= 0.3 is 51.2 Å². The van der Waals surface area contributed by atoms with Crippen molar-refractivity contribution in [1.82, 2.24) is 50.4 Å². The average Bonchev–Trinajstić information content (AvgIpc) is 3.68. The Bertz CT molecular complexity index is 1480. The largest absolute Gasteiger partial charge is 2.00 e. The summed E-state index contributed by atoms with van der Waals surface area (Å²) in [6, 6.07) is 11.3. The topological polar surface area (TPSA) is 354 Å². The molecule has 4 heterocycles. The van der Waals surface area contributed by atoms with Gasteiger partial charge in [0.05, 0.1) is 11.1 Å². The summed E-state index contributed by atoms with van der Waals surface area (Å²) in [6.07, 6.45) is 3.43. The second kappa shape index (κ2) is 36.5. The van der Waals surface area contributed by atoms with Crippen molar-refractivity contribution >= 4 is 35.8 Å². The average molecular weight is 943 g/mol. The second-order valence-corrected chi connectivity index (χ2v) is 11.5. The van der Waals surface area contributed by atoms with Gasteiger partial charge in [-0.05, 0) is 118 Å². The van der Waals surface area contributed by atoms with Crippen LogP contribution in [0.15, 0.2) is 48.8 Å². The number of carboxylic acids is 6. The van der Waals surface area contributed by atoms with Crippen LogP contribution in [-0.2, 0) is 91.1 Å². The molecule has 22 nitrogen and oxygen atoms in total. The Morgan fingerprint density at radius 2 is 0.684 bits per heavy atom. The molecule has 4 rings (SSSR count). The Labute approximate surface area is 361 Å². The number of pyridine rings is 2. The van der Waals surface area contributed by atoms with Crippen LogP contribution in [0.25, 0.3) is 23.0 Å². The minimum absolute atomic E-state index is 0. The van der Waals surface area contributed by atoms with Crippen LogP contribution in [0, 0.1) is 0 Å². The Balaban J connectivity index is -0.000000110. The zero-order chi connectivity index (χ0) is 43.2. The van der Waals surface area contributed by atoms with Gasteiger partial charge in [-0.1, -0.05) is 12.1 Å². The molecule has 0 aromatic carbocycles. The van der Waals surface area contributed by atoms with E-state index in [1.54, 1.807) is 22.0 Å². The van der Waals surface area contributed by atoms with Crippen LogP contribution in [0.2, 0.25) is 0 Å². The van der Waals surface area contributed by atoms with Gasteiger partial charge in [-0.15, -0.1) is 20.4 Å². The van der Waals surface area contributed by atoms with Gasteiger partial charge in [-0.3, -0.25) is 9.97 Å². The molecule has 0 aliphatic carbocycles. The van der Waals surface area contributed by atoms with Gasteiger partial charge in [0.2, 0.25) is 11.6 Å². The van der Waals surface area contributed by atoms with Crippen molar-refractivity contribution in [3.8, 4) is 23.0 Å². The minimum atomic E-state index is -1.08. The van der Waals surface area contributed by atoms with Gasteiger partial charge in [0.15, 0.2) is 0 Å². The van der Waals surface area contributed by atoms with Gasteiger partial charge in [0.1, 0.15) is 11.4 Å². The van der Waals surface area contributed by atoms with Gasteiger partial charge in [0, 0.05) is 48.2 Å². The predicted octanol–water partition coefficient (Wildman–Crippen LogP) is -4.49. The SMILES string of the molecule is CC(=O)[O-].CC(=O)[O-].CC(=O)[O-].CC(=O)[O-].CC(=O)[O-].CC(=O)[O-].CC(C)(C)n1nnc(-c2ccccn2)n1.CC(C)(C)n1nnc(-c2ccccn2)n1.[Cu+2].[Cu+2].[Mn+2]. The Hall–Kier alpha value is -5.18. The summed E-state index contributed by atoms with van der Waals surface area (Å²) in [5.74, 6) is -5.38. The Kier molecular flexibility index (Phi) is 42.6. The van der Waals surface area contributed by atoms with Gasteiger partial charge in [-0.25, -0.2) is 0 Å². The molecule has 323 valence electrons. The number of hydrogen-bond acceptors (Lipinski definition) is 20. The van der Waals surface area contributed by atoms with E-state index >= 15 is 0 Å². The Morgan fingerprint density at radius 3 is 0.825 bits per heavy atom. The first-order valence-electron chi connectivity index (χ1n) is 15.0. The van der Waals surface area contributed by atoms with Crippen LogP contribution in [0.4, 0.5) is 0 Å². The molecule has 0 unspecified atom stereocenters. The van der Waals surface area contributed by atoms with Crippen LogP contribution >= 0.6 is 0 Å². The summed E-state index contributed by atoms with van der Waals surface area (Å²) in [6.45, 7) is 18.0. The molecule has 0 bridgehead atoms. The minimum Gasteiger partial charge on any atom is -0.550 e. The number of carboxylic acid groups (broad SMARTS) is 6. The van der Waals surface area contributed by atoms with Crippen LogP contribution in [0.3, 0.4) is 0 Å². The molecule has 0 saturated carbocycles. The predicted molar refractivity (Wildman–Crippen MR) is 176 cm³/mol. The maximum absolute atomic E-state index is 8.89. The number of hydrogen-bond donors (Lipinski definition) is 0. The normalized spacial score (nSPS) is 8.77. The summed E-state index contributed by atoms with van der Waals surface area (Å²) in [4.78, 5) is 64.9. The molecule has 57 heavy (non-hydrogen) atoms. The molecule has 0 aliphatic heterocycles. The molecule has 0 saturated heterocycles. The standard InChI is InChI=1S/2C10H13N5.6C2H4O2.2Cu.Mn/c2*1-10(2,3)15-13-9(12-14-15)8-6-4-5-7-11-8;6*1-2(3)4;;;/h2*4-7H,1-3H3;6*1H3,(H,3,4);;;/q;;;;;;;;3*+2/p-6. The third-order valence-corrected chi connectivity index (χ3v) is 3.82. The molecule has 0 N–H and O–H groups in total. The van der Waals surface area contributed by atoms with E-state index in [0.29, 0.717) is 11.6 Å². The van der Waals surface area contributed by atoms with Gasteiger partial charge < -0.3 is 59.4 Å². The van der Waals surface area contributed by atoms with Crippen LogP contribution < -0.4 is 30.6 Å². The first kappa shape index (κ1) is 66.6. The van der Waals surface area contributed by atoms with E-state index in [1.165, 1.54) is 0 Å². The molecular weight excluding hydrogens is 898 g/mol. The molecular formula is C32H44Cu2MnN10O12. The number of nitrogens with zero attached hydrogens (tertiary/aromatic N) is 10. The number of aliphatic carboxylic acids is 6. The van der Waals surface area contributed by atoms with Crippen molar-refractivity contribution in [2.75, 3.05) is 0 Å². The maximum atomic E-state index is 8.89. The first-order chi connectivity index (χ1) is 24.5. The van der Waals surface area contributed by atoms with Crippen molar-refractivity contribution < 1.29 is 111 Å². The summed E-state index contributed by atoms with van der Waals surface area (Å²) in [7, 11) is 0. The number of rotatable bonds is 2. The fourth-order valence-electron chi connectivity index (χ4n) is 2.19. The molecule has 0 amide bonds. The molecule has 4 aromatic rings. The van der Waals surface area contributed by atoms with Crippen LogP contribution in [0.5, 0.6) is 0 Å². The summed E-state index contributed by atoms with van der Waals surface area (Å²) in [5, 5.41) is 77.8. The number of aromatic nitrogens is 10. The van der Waals surface area contributed by atoms with E-state index in [2.05, 4.69) is 40.8 Å². The van der Waals surface area contributed by atoms with Crippen molar-refractivity contribution in [3.63, 3.8) is 0 Å². The van der Waals surface area contributed by atoms with E-state index in [4.69, 9.17) is 59.4 Å². The maximum Gasteiger partial charge on any atom is 2.00 e.